The van der Waals surface area contributed by atoms with Crippen LogP contribution in [0.25, 0.3) is 22.3 Å². The van der Waals surface area contributed by atoms with Gasteiger partial charge < -0.3 is 4.74 Å². The van der Waals surface area contributed by atoms with Gasteiger partial charge in [-0.05, 0) is 72.0 Å². The molecule has 3 aromatic rings. The number of aromatic nitrogens is 4. The number of hydrogen-bond donors (Lipinski definition) is 0. The third kappa shape index (κ3) is 3.04. The van der Waals surface area contributed by atoms with Gasteiger partial charge in [-0.25, -0.2) is 9.67 Å². The Hall–Kier alpha value is -1.54. The molecule has 3 aromatic heterocycles. The molecule has 5 nitrogen and oxygen atoms in total. The molecule has 1 aliphatic heterocycles. The highest BCUT2D eigenvalue weighted by atomic mass is 127. The summed E-state index contributed by atoms with van der Waals surface area (Å²) in [6.45, 7) is 2.94. The largest absolute Gasteiger partial charge is 0.357 e. The van der Waals surface area contributed by atoms with Crippen molar-refractivity contribution in [2.24, 2.45) is 0 Å². The van der Waals surface area contributed by atoms with Gasteiger partial charge in [0, 0.05) is 19.0 Å². The monoisotopic (exact) mass is 434 g/mol. The molecular formula is C18H19IN4O. The van der Waals surface area contributed by atoms with E-state index < -0.39 is 0 Å². The van der Waals surface area contributed by atoms with Gasteiger partial charge in [-0.3, -0.25) is 4.98 Å². The highest BCUT2D eigenvalue weighted by Crippen LogP contribution is 2.29. The van der Waals surface area contributed by atoms with E-state index in [1.807, 2.05) is 23.0 Å². The predicted octanol–water partition coefficient (Wildman–Crippen LogP) is 4.36. The van der Waals surface area contributed by atoms with Crippen molar-refractivity contribution in [1.82, 2.24) is 19.7 Å². The zero-order chi connectivity index (χ0) is 16.5. The first-order chi connectivity index (χ1) is 11.7. The summed E-state index contributed by atoms with van der Waals surface area (Å²) in [7, 11) is 0. The lowest BCUT2D eigenvalue weighted by molar-refractivity contribution is -0.0396. The van der Waals surface area contributed by atoms with Gasteiger partial charge in [-0.2, -0.15) is 5.10 Å². The number of hydrogen-bond acceptors (Lipinski definition) is 4. The molecule has 0 spiro atoms. The summed E-state index contributed by atoms with van der Waals surface area (Å²) in [5.74, 6) is 0. The van der Waals surface area contributed by atoms with Crippen molar-refractivity contribution in [3.8, 4) is 11.3 Å². The maximum Gasteiger partial charge on any atom is 0.150 e. The average molecular weight is 434 g/mol. The molecule has 1 fully saturated rings. The van der Waals surface area contributed by atoms with E-state index in [4.69, 9.17) is 9.72 Å². The first-order valence-corrected chi connectivity index (χ1v) is 9.45. The fourth-order valence-corrected chi connectivity index (χ4v) is 3.68. The minimum absolute atomic E-state index is 0.0508. The first-order valence-electron chi connectivity index (χ1n) is 8.37. The molecule has 4 rings (SSSR count). The molecule has 0 radical (unpaired) electrons. The number of fused-ring (bicyclic) bond motifs is 1. The Kier molecular flexibility index (Phi) is 4.49. The summed E-state index contributed by atoms with van der Waals surface area (Å²) >= 11 is 2.28. The van der Waals surface area contributed by atoms with Crippen molar-refractivity contribution in [3.63, 3.8) is 0 Å². The number of rotatable bonds is 3. The fraction of sp³-hybridized carbons (Fsp3) is 0.389. The average Bonchev–Trinajstić information content (AvgIpc) is 3.03. The van der Waals surface area contributed by atoms with Crippen LogP contribution in [-0.2, 0) is 11.2 Å². The molecule has 6 heteroatoms. The van der Waals surface area contributed by atoms with Crippen LogP contribution in [0, 0.1) is 3.70 Å². The summed E-state index contributed by atoms with van der Waals surface area (Å²) in [5.41, 5.74) is 5.05. The zero-order valence-electron chi connectivity index (χ0n) is 13.6. The van der Waals surface area contributed by atoms with Crippen molar-refractivity contribution < 1.29 is 4.74 Å². The normalized spacial score (nSPS) is 18.2. The van der Waals surface area contributed by atoms with Crippen LogP contribution in [0.1, 0.15) is 38.0 Å². The topological polar surface area (TPSA) is 52.8 Å². The molecule has 0 bridgehead atoms. The fourth-order valence-electron chi connectivity index (χ4n) is 3.01. The van der Waals surface area contributed by atoms with E-state index in [9.17, 15) is 0 Å². The predicted molar refractivity (Wildman–Crippen MR) is 102 cm³/mol. The second-order valence-corrected chi connectivity index (χ2v) is 7.09. The van der Waals surface area contributed by atoms with Crippen molar-refractivity contribution in [2.75, 3.05) is 6.61 Å². The number of nitrogens with zero attached hydrogens (tertiary/aromatic N) is 4. The highest BCUT2D eigenvalue weighted by molar-refractivity contribution is 14.1. The SMILES string of the molecule is CCc1cnc2ccc(-c3cn(C4CCCCO4)nc3I)nc2c1. The van der Waals surface area contributed by atoms with Gasteiger partial charge in [-0.1, -0.05) is 6.92 Å². The van der Waals surface area contributed by atoms with Crippen LogP contribution in [-0.4, -0.2) is 26.4 Å². The molecule has 0 aliphatic carbocycles. The van der Waals surface area contributed by atoms with Gasteiger partial charge in [0.15, 0.2) is 0 Å². The molecule has 1 aliphatic rings. The molecule has 1 unspecified atom stereocenters. The maximum atomic E-state index is 5.84. The molecular weight excluding hydrogens is 415 g/mol. The Morgan fingerprint density at radius 3 is 3.00 bits per heavy atom. The van der Waals surface area contributed by atoms with Gasteiger partial charge in [0.2, 0.25) is 0 Å². The molecule has 0 N–H and O–H groups in total. The standard InChI is InChI=1S/C18H19IN4O/c1-2-12-9-16-15(20-10-12)7-6-14(21-16)13-11-23(22-18(13)19)17-5-3-4-8-24-17/h6-7,9-11,17H,2-5,8H2,1H3. The van der Waals surface area contributed by atoms with Crippen LogP contribution in [0.15, 0.2) is 30.6 Å². The van der Waals surface area contributed by atoms with Crippen LogP contribution < -0.4 is 0 Å². The van der Waals surface area contributed by atoms with Gasteiger partial charge in [-0.15, -0.1) is 0 Å². The van der Waals surface area contributed by atoms with Crippen molar-refractivity contribution >= 4 is 33.6 Å². The minimum atomic E-state index is 0.0508. The van der Waals surface area contributed by atoms with Crippen LogP contribution in [0.3, 0.4) is 0 Å². The summed E-state index contributed by atoms with van der Waals surface area (Å²) in [6, 6.07) is 6.17. The lowest BCUT2D eigenvalue weighted by Gasteiger charge is -2.22. The second-order valence-electron chi connectivity index (χ2n) is 6.07. The Morgan fingerprint density at radius 1 is 1.29 bits per heavy atom. The Bertz CT molecular complexity index is 871. The quantitative estimate of drug-likeness (QED) is 0.575. The Labute approximate surface area is 154 Å². The van der Waals surface area contributed by atoms with E-state index in [0.29, 0.717) is 0 Å². The van der Waals surface area contributed by atoms with E-state index in [0.717, 1.165) is 51.9 Å². The summed E-state index contributed by atoms with van der Waals surface area (Å²) in [4.78, 5) is 9.29. The summed E-state index contributed by atoms with van der Waals surface area (Å²) in [5, 5.41) is 4.65. The van der Waals surface area contributed by atoms with Crippen molar-refractivity contribution in [2.45, 2.75) is 38.8 Å². The van der Waals surface area contributed by atoms with Crippen molar-refractivity contribution in [3.05, 3.63) is 39.9 Å². The van der Waals surface area contributed by atoms with Crippen LogP contribution in [0.4, 0.5) is 0 Å². The molecule has 1 saturated heterocycles. The van der Waals surface area contributed by atoms with Gasteiger partial charge in [0.25, 0.3) is 0 Å². The van der Waals surface area contributed by atoms with E-state index >= 15 is 0 Å². The second kappa shape index (κ2) is 6.76. The number of aryl methyl sites for hydroxylation is 1. The van der Waals surface area contributed by atoms with E-state index in [1.165, 1.54) is 12.0 Å². The lowest BCUT2D eigenvalue weighted by atomic mass is 10.1. The molecule has 124 valence electrons. The van der Waals surface area contributed by atoms with Crippen LogP contribution in [0.5, 0.6) is 0 Å². The molecule has 0 saturated carbocycles. The van der Waals surface area contributed by atoms with E-state index in [-0.39, 0.29) is 6.23 Å². The van der Waals surface area contributed by atoms with Gasteiger partial charge >= 0.3 is 0 Å². The number of pyridine rings is 2. The maximum absolute atomic E-state index is 5.84. The van der Waals surface area contributed by atoms with E-state index in [2.05, 4.69) is 51.9 Å². The molecule has 1 atom stereocenters. The van der Waals surface area contributed by atoms with Crippen molar-refractivity contribution in [1.29, 1.82) is 0 Å². The Morgan fingerprint density at radius 2 is 2.21 bits per heavy atom. The number of ether oxygens (including phenoxy) is 1. The van der Waals surface area contributed by atoms with E-state index in [1.54, 1.807) is 0 Å². The van der Waals surface area contributed by atoms with Gasteiger partial charge in [0.05, 0.1) is 22.3 Å². The molecule has 24 heavy (non-hydrogen) atoms. The summed E-state index contributed by atoms with van der Waals surface area (Å²) in [6.07, 6.45) is 8.34. The molecule has 0 amide bonds. The first kappa shape index (κ1) is 16.0. The zero-order valence-corrected chi connectivity index (χ0v) is 15.7. The molecule has 4 heterocycles. The third-order valence-electron chi connectivity index (χ3n) is 4.42. The highest BCUT2D eigenvalue weighted by Gasteiger charge is 2.19. The minimum Gasteiger partial charge on any atom is -0.357 e. The lowest BCUT2D eigenvalue weighted by Crippen LogP contribution is -2.18. The summed E-state index contributed by atoms with van der Waals surface area (Å²) < 4.78 is 8.73. The number of halogens is 1. The Balaban J connectivity index is 1.72. The third-order valence-corrected chi connectivity index (χ3v) is 5.21. The van der Waals surface area contributed by atoms with Gasteiger partial charge in [0.1, 0.15) is 9.93 Å². The van der Waals surface area contributed by atoms with Crippen LogP contribution in [0.2, 0.25) is 0 Å². The molecule has 0 aromatic carbocycles. The van der Waals surface area contributed by atoms with Crippen LogP contribution >= 0.6 is 22.6 Å². The smallest absolute Gasteiger partial charge is 0.150 e.